The van der Waals surface area contributed by atoms with E-state index in [2.05, 4.69) is 15.5 Å². The first-order chi connectivity index (χ1) is 16.0. The van der Waals surface area contributed by atoms with Gasteiger partial charge in [0.1, 0.15) is 10.8 Å². The van der Waals surface area contributed by atoms with Crippen LogP contribution in [0, 0.1) is 6.92 Å². The van der Waals surface area contributed by atoms with Crippen LogP contribution in [0.1, 0.15) is 35.7 Å². The van der Waals surface area contributed by atoms with Gasteiger partial charge in [0.05, 0.1) is 24.5 Å². The number of nitrogens with zero attached hydrogens (tertiary/aromatic N) is 2. The number of hydrogen-bond donors (Lipinski definition) is 1. The van der Waals surface area contributed by atoms with Crippen LogP contribution in [0.3, 0.4) is 0 Å². The highest BCUT2D eigenvalue weighted by molar-refractivity contribution is 7.98. The smallest absolute Gasteiger partial charge is 0.341 e. The monoisotopic (exact) mass is 471 g/mol. The van der Waals surface area contributed by atoms with Crippen molar-refractivity contribution in [2.45, 2.75) is 31.6 Å². The van der Waals surface area contributed by atoms with Gasteiger partial charge in [0.15, 0.2) is 18.1 Å². The van der Waals surface area contributed by atoms with Crippen molar-refractivity contribution in [2.24, 2.45) is 0 Å². The van der Waals surface area contributed by atoms with Crippen molar-refractivity contribution >= 4 is 29.3 Å². The lowest BCUT2D eigenvalue weighted by atomic mass is 10.2. The van der Waals surface area contributed by atoms with E-state index >= 15 is 0 Å². The van der Waals surface area contributed by atoms with Crippen LogP contribution in [0.5, 0.6) is 11.5 Å². The molecule has 0 aliphatic rings. The van der Waals surface area contributed by atoms with Crippen molar-refractivity contribution in [3.8, 4) is 11.5 Å². The number of aromatic nitrogens is 2. The number of thioether (sulfide) groups is 1. The summed E-state index contributed by atoms with van der Waals surface area (Å²) in [7, 11) is 0. The van der Waals surface area contributed by atoms with Crippen molar-refractivity contribution < 1.29 is 28.3 Å². The highest BCUT2D eigenvalue weighted by atomic mass is 32.2. The van der Waals surface area contributed by atoms with Gasteiger partial charge < -0.3 is 24.1 Å². The molecule has 0 atom stereocenters. The first kappa shape index (κ1) is 24.1. The maximum Gasteiger partial charge on any atom is 0.341 e. The molecular weight excluding hydrogens is 446 g/mol. The Morgan fingerprint density at radius 3 is 2.61 bits per heavy atom. The van der Waals surface area contributed by atoms with Gasteiger partial charge in [0.25, 0.3) is 5.91 Å². The molecule has 1 amide bonds. The Bertz CT molecular complexity index is 1100. The summed E-state index contributed by atoms with van der Waals surface area (Å²) in [6, 6.07) is 10.1. The van der Waals surface area contributed by atoms with Gasteiger partial charge in [-0.15, -0.1) is 0 Å². The normalized spacial score (nSPS) is 10.5. The van der Waals surface area contributed by atoms with E-state index in [1.165, 1.54) is 11.8 Å². The van der Waals surface area contributed by atoms with Crippen LogP contribution in [0.4, 0.5) is 5.69 Å². The van der Waals surface area contributed by atoms with Gasteiger partial charge in [-0.1, -0.05) is 16.9 Å². The van der Waals surface area contributed by atoms with Crippen molar-refractivity contribution in [2.75, 3.05) is 25.1 Å². The maximum absolute atomic E-state index is 12.6. The van der Waals surface area contributed by atoms with Crippen LogP contribution in [0.2, 0.25) is 0 Å². The van der Waals surface area contributed by atoms with Crippen molar-refractivity contribution in [1.29, 1.82) is 0 Å². The fourth-order valence-electron chi connectivity index (χ4n) is 2.82. The summed E-state index contributed by atoms with van der Waals surface area (Å²) in [5.41, 5.74) is 1.52. The number of carbonyl (C=O) groups is 2. The molecule has 0 spiro atoms. The number of benzene rings is 1. The molecule has 3 aromatic rings. The summed E-state index contributed by atoms with van der Waals surface area (Å²) in [6.45, 7) is 6.04. The van der Waals surface area contributed by atoms with E-state index in [4.69, 9.17) is 18.7 Å². The molecule has 2 heterocycles. The first-order valence-corrected chi connectivity index (χ1v) is 11.3. The molecule has 1 N–H and O–H groups in total. The van der Waals surface area contributed by atoms with Crippen LogP contribution in [0.15, 0.2) is 52.1 Å². The maximum atomic E-state index is 12.6. The Balaban J connectivity index is 1.57. The first-order valence-electron chi connectivity index (χ1n) is 10.4. The fraction of sp³-hybridized carbons (Fsp3) is 0.304. The van der Waals surface area contributed by atoms with Gasteiger partial charge in [-0.25, -0.2) is 9.78 Å². The second-order valence-electron chi connectivity index (χ2n) is 6.73. The molecule has 0 bridgehead atoms. The molecule has 3 rings (SSSR count). The molecule has 0 radical (unpaired) electrons. The third kappa shape index (κ3) is 6.98. The van der Waals surface area contributed by atoms with Gasteiger partial charge in [-0.05, 0) is 45.0 Å². The van der Waals surface area contributed by atoms with E-state index in [1.54, 1.807) is 43.5 Å². The third-order valence-electron chi connectivity index (χ3n) is 4.19. The number of rotatable bonds is 11. The second kappa shape index (κ2) is 11.9. The van der Waals surface area contributed by atoms with E-state index in [-0.39, 0.29) is 5.56 Å². The summed E-state index contributed by atoms with van der Waals surface area (Å²) in [6.07, 6.45) is 1.59. The highest BCUT2D eigenvalue weighted by Gasteiger charge is 2.17. The molecule has 10 heteroatoms. The number of nitrogens with one attached hydrogen (secondary N) is 1. The summed E-state index contributed by atoms with van der Waals surface area (Å²) in [4.78, 5) is 29.1. The average molecular weight is 472 g/mol. The lowest BCUT2D eigenvalue weighted by Gasteiger charge is -2.13. The van der Waals surface area contributed by atoms with Gasteiger partial charge in [-0.2, -0.15) is 0 Å². The molecule has 2 aromatic heterocycles. The SMILES string of the molecule is CCOc1ccc(NC(=O)COC(=O)c2cccnc2SCc2cc(C)on2)cc1OCC. The minimum Gasteiger partial charge on any atom is -0.490 e. The van der Waals surface area contributed by atoms with Gasteiger partial charge >= 0.3 is 5.97 Å². The van der Waals surface area contributed by atoms with Crippen LogP contribution in [0.25, 0.3) is 0 Å². The molecule has 0 unspecified atom stereocenters. The zero-order valence-electron chi connectivity index (χ0n) is 18.6. The molecule has 174 valence electrons. The summed E-state index contributed by atoms with van der Waals surface area (Å²) in [5.74, 6) is 1.18. The average Bonchev–Trinajstić information content (AvgIpc) is 3.23. The molecule has 0 saturated heterocycles. The standard InChI is InChI=1S/C23H25N3O6S/c1-4-29-19-9-8-16(12-20(19)30-5-2)25-21(27)13-31-23(28)18-7-6-10-24-22(18)33-14-17-11-15(3)32-26-17/h6-12H,4-5,13-14H2,1-3H3,(H,25,27). The molecular formula is C23H25N3O6S. The second-order valence-corrected chi connectivity index (χ2v) is 7.69. The van der Waals surface area contributed by atoms with Crippen LogP contribution >= 0.6 is 11.8 Å². The zero-order chi connectivity index (χ0) is 23.6. The number of ether oxygens (including phenoxy) is 3. The molecule has 1 aromatic carbocycles. The Kier molecular flexibility index (Phi) is 8.71. The van der Waals surface area contributed by atoms with Crippen LogP contribution in [-0.2, 0) is 15.3 Å². The van der Waals surface area contributed by atoms with Gasteiger partial charge in [0, 0.05) is 29.8 Å². The summed E-state index contributed by atoms with van der Waals surface area (Å²) < 4.78 is 21.3. The number of esters is 1. The molecule has 0 aliphatic heterocycles. The number of pyridine rings is 1. The van der Waals surface area contributed by atoms with Crippen molar-refractivity contribution in [3.05, 3.63) is 59.6 Å². The molecule has 33 heavy (non-hydrogen) atoms. The largest absolute Gasteiger partial charge is 0.490 e. The van der Waals surface area contributed by atoms with E-state index in [0.29, 0.717) is 46.9 Å². The number of anilines is 1. The van der Waals surface area contributed by atoms with Gasteiger partial charge in [-0.3, -0.25) is 4.79 Å². The Labute approximate surface area is 195 Å². The topological polar surface area (TPSA) is 113 Å². The van der Waals surface area contributed by atoms with Gasteiger partial charge in [0.2, 0.25) is 0 Å². The fourth-order valence-corrected chi connectivity index (χ4v) is 3.69. The van der Waals surface area contributed by atoms with E-state index in [1.807, 2.05) is 19.9 Å². The predicted octanol–water partition coefficient (Wildman–Crippen LogP) is 4.26. The highest BCUT2D eigenvalue weighted by Crippen LogP contribution is 2.30. The van der Waals surface area contributed by atoms with E-state index < -0.39 is 18.5 Å². The minimum absolute atomic E-state index is 0.273. The zero-order valence-corrected chi connectivity index (χ0v) is 19.4. The number of carbonyl (C=O) groups excluding carboxylic acids is 2. The molecule has 9 nitrogen and oxygen atoms in total. The number of hydrogen-bond acceptors (Lipinski definition) is 9. The molecule has 0 fully saturated rings. The van der Waals surface area contributed by atoms with Crippen LogP contribution in [-0.4, -0.2) is 41.8 Å². The Morgan fingerprint density at radius 2 is 1.88 bits per heavy atom. The molecule has 0 saturated carbocycles. The van der Waals surface area contributed by atoms with E-state index in [9.17, 15) is 9.59 Å². The third-order valence-corrected chi connectivity index (χ3v) is 5.22. The summed E-state index contributed by atoms with van der Waals surface area (Å²) in [5, 5.41) is 7.10. The quantitative estimate of drug-likeness (QED) is 0.324. The number of aryl methyl sites for hydroxylation is 1. The van der Waals surface area contributed by atoms with E-state index in [0.717, 1.165) is 5.69 Å². The summed E-state index contributed by atoms with van der Waals surface area (Å²) >= 11 is 1.33. The lowest BCUT2D eigenvalue weighted by molar-refractivity contribution is -0.119. The predicted molar refractivity (Wildman–Crippen MR) is 123 cm³/mol. The Hall–Kier alpha value is -3.53. The van der Waals surface area contributed by atoms with Crippen molar-refractivity contribution in [1.82, 2.24) is 10.1 Å². The van der Waals surface area contributed by atoms with Crippen molar-refractivity contribution in [3.63, 3.8) is 0 Å². The number of amides is 1. The van der Waals surface area contributed by atoms with Crippen LogP contribution < -0.4 is 14.8 Å². The lowest BCUT2D eigenvalue weighted by Crippen LogP contribution is -2.21. The molecule has 0 aliphatic carbocycles. The minimum atomic E-state index is -0.640. The Morgan fingerprint density at radius 1 is 1.09 bits per heavy atom.